The van der Waals surface area contributed by atoms with Crippen molar-refractivity contribution in [1.82, 2.24) is 0 Å². The minimum Gasteiger partial charge on any atom is -0.129 e. The van der Waals surface area contributed by atoms with Gasteiger partial charge in [-0.3, -0.25) is 0 Å². The van der Waals surface area contributed by atoms with Crippen LogP contribution in [0.3, 0.4) is 0 Å². The molecule has 1 radical (unpaired) electrons. The third-order valence-corrected chi connectivity index (χ3v) is 5.51. The van der Waals surface area contributed by atoms with Crippen molar-refractivity contribution < 1.29 is 0 Å². The fourth-order valence-corrected chi connectivity index (χ4v) is 4.38. The monoisotopic (exact) mass is 193 g/mol. The van der Waals surface area contributed by atoms with Crippen molar-refractivity contribution in [2.75, 3.05) is 0 Å². The Kier molecular flexibility index (Phi) is 6.33. The third kappa shape index (κ3) is 4.85. The molecule has 0 aliphatic rings. The van der Waals surface area contributed by atoms with Gasteiger partial charge in [-0.25, -0.2) is 0 Å². The molecule has 2 heteroatoms. The lowest BCUT2D eigenvalue weighted by molar-refractivity contribution is 1.02. The van der Waals surface area contributed by atoms with E-state index < -0.39 is 0 Å². The standard InChI is InChI=1S/C6H14BrSi/c1-3-5-8(7)6-4-2/h3-6H2,1-2H3. The van der Waals surface area contributed by atoms with E-state index in [4.69, 9.17) is 0 Å². The molecule has 0 bridgehead atoms. The van der Waals surface area contributed by atoms with Gasteiger partial charge in [0.2, 0.25) is 0 Å². The molecule has 0 saturated carbocycles. The minimum atomic E-state index is -0.0790. The molecule has 0 atom stereocenters. The summed E-state index contributed by atoms with van der Waals surface area (Å²) in [4.78, 5) is 0. The molecule has 0 aliphatic carbocycles. The predicted octanol–water partition coefficient (Wildman–Crippen LogP) is 3.19. The van der Waals surface area contributed by atoms with Crippen LogP contribution in [-0.2, 0) is 0 Å². The Bertz CT molecular complexity index is 41.8. The Labute approximate surface area is 61.9 Å². The molecule has 0 unspecified atom stereocenters. The lowest BCUT2D eigenvalue weighted by atomic mass is 10.6. The first-order chi connectivity index (χ1) is 3.81. The van der Waals surface area contributed by atoms with Crippen LogP contribution in [0.2, 0.25) is 12.1 Å². The van der Waals surface area contributed by atoms with Crippen molar-refractivity contribution in [3.63, 3.8) is 0 Å². The van der Waals surface area contributed by atoms with E-state index in [2.05, 4.69) is 29.1 Å². The largest absolute Gasteiger partial charge is 0.135 e. The number of hydrogen-bond acceptors (Lipinski definition) is 0. The first-order valence-electron chi connectivity index (χ1n) is 3.31. The maximum atomic E-state index is 3.70. The van der Waals surface area contributed by atoms with E-state index in [1.807, 2.05) is 0 Å². The average molecular weight is 194 g/mol. The van der Waals surface area contributed by atoms with Crippen LogP contribution in [0.4, 0.5) is 0 Å². The second-order valence-electron chi connectivity index (χ2n) is 2.02. The molecule has 0 aliphatic heterocycles. The van der Waals surface area contributed by atoms with E-state index in [0.29, 0.717) is 0 Å². The first kappa shape index (κ1) is 8.70. The van der Waals surface area contributed by atoms with E-state index in [9.17, 15) is 0 Å². The Morgan fingerprint density at radius 1 is 1.12 bits per heavy atom. The highest BCUT2D eigenvalue weighted by atomic mass is 79.9. The smallest absolute Gasteiger partial charge is 0.129 e. The maximum Gasteiger partial charge on any atom is 0.135 e. The zero-order valence-electron chi connectivity index (χ0n) is 5.71. The van der Waals surface area contributed by atoms with Gasteiger partial charge in [-0.15, -0.1) is 15.3 Å². The summed E-state index contributed by atoms with van der Waals surface area (Å²) in [6.45, 7) is 4.50. The Morgan fingerprint density at radius 3 is 1.75 bits per heavy atom. The van der Waals surface area contributed by atoms with Crippen molar-refractivity contribution in [3.05, 3.63) is 0 Å². The summed E-state index contributed by atoms with van der Waals surface area (Å²) in [5.41, 5.74) is 0. The average Bonchev–Trinajstić information content (AvgIpc) is 1.68. The molecule has 0 fully saturated rings. The van der Waals surface area contributed by atoms with E-state index >= 15 is 0 Å². The summed E-state index contributed by atoms with van der Waals surface area (Å²) in [6.07, 6.45) is 2.69. The highest BCUT2D eigenvalue weighted by molar-refractivity contribution is 9.24. The van der Waals surface area contributed by atoms with Crippen LogP contribution in [-0.4, -0.2) is 7.42 Å². The van der Waals surface area contributed by atoms with Crippen LogP contribution in [0.15, 0.2) is 0 Å². The number of hydrogen-bond donors (Lipinski definition) is 0. The predicted molar refractivity (Wildman–Crippen MR) is 44.9 cm³/mol. The van der Waals surface area contributed by atoms with Crippen LogP contribution in [0.25, 0.3) is 0 Å². The van der Waals surface area contributed by atoms with Crippen LogP contribution < -0.4 is 0 Å². The molecule has 0 nitrogen and oxygen atoms in total. The molecule has 0 amide bonds. The van der Waals surface area contributed by atoms with Crippen molar-refractivity contribution >= 4 is 22.7 Å². The van der Waals surface area contributed by atoms with Crippen LogP contribution in [0.1, 0.15) is 26.7 Å². The Balaban J connectivity index is 2.92. The Hall–Kier alpha value is 0.697. The molecular weight excluding hydrogens is 180 g/mol. The molecule has 0 N–H and O–H groups in total. The number of rotatable bonds is 4. The molecule has 0 aromatic rings. The summed E-state index contributed by atoms with van der Waals surface area (Å²) in [5.74, 6) is 0. The summed E-state index contributed by atoms with van der Waals surface area (Å²) in [7, 11) is -0.0790. The molecule has 0 spiro atoms. The second kappa shape index (κ2) is 5.83. The van der Waals surface area contributed by atoms with E-state index in [1.165, 1.54) is 24.9 Å². The molecule has 0 aromatic heterocycles. The number of halogens is 1. The van der Waals surface area contributed by atoms with Gasteiger partial charge >= 0.3 is 0 Å². The molecule has 0 aromatic carbocycles. The molecule has 0 rings (SSSR count). The lowest BCUT2D eigenvalue weighted by Crippen LogP contribution is -1.98. The van der Waals surface area contributed by atoms with Gasteiger partial charge in [0, 0.05) is 0 Å². The highest BCUT2D eigenvalue weighted by Gasteiger charge is 2.01. The van der Waals surface area contributed by atoms with Crippen LogP contribution >= 0.6 is 15.3 Å². The molecule has 8 heavy (non-hydrogen) atoms. The first-order valence-corrected chi connectivity index (χ1v) is 7.48. The van der Waals surface area contributed by atoms with E-state index in [0.717, 1.165) is 0 Å². The van der Waals surface area contributed by atoms with Gasteiger partial charge in [0.15, 0.2) is 0 Å². The Morgan fingerprint density at radius 2 is 1.50 bits per heavy atom. The summed E-state index contributed by atoms with van der Waals surface area (Å²) in [5, 5.41) is 0. The van der Waals surface area contributed by atoms with Crippen molar-refractivity contribution in [3.8, 4) is 0 Å². The van der Waals surface area contributed by atoms with Gasteiger partial charge in [0.1, 0.15) is 7.42 Å². The molecule has 0 heterocycles. The van der Waals surface area contributed by atoms with Gasteiger partial charge in [-0.1, -0.05) is 26.7 Å². The van der Waals surface area contributed by atoms with E-state index in [-0.39, 0.29) is 7.42 Å². The zero-order chi connectivity index (χ0) is 6.41. The zero-order valence-corrected chi connectivity index (χ0v) is 8.29. The fourth-order valence-electron chi connectivity index (χ4n) is 0.668. The van der Waals surface area contributed by atoms with Crippen molar-refractivity contribution in [2.45, 2.75) is 38.8 Å². The minimum absolute atomic E-state index is 0.0790. The topological polar surface area (TPSA) is 0 Å². The second-order valence-corrected chi connectivity index (χ2v) is 7.42. The highest BCUT2D eigenvalue weighted by Crippen LogP contribution is 2.10. The molecule has 49 valence electrons. The van der Waals surface area contributed by atoms with Gasteiger partial charge in [0.25, 0.3) is 0 Å². The fraction of sp³-hybridized carbons (Fsp3) is 1.00. The van der Waals surface area contributed by atoms with Crippen molar-refractivity contribution in [1.29, 1.82) is 0 Å². The van der Waals surface area contributed by atoms with Crippen molar-refractivity contribution in [2.24, 2.45) is 0 Å². The normalized spacial score (nSPS) is 10.5. The quantitative estimate of drug-likeness (QED) is 0.476. The lowest BCUT2D eigenvalue weighted by Gasteiger charge is -2.00. The van der Waals surface area contributed by atoms with Crippen LogP contribution in [0, 0.1) is 0 Å². The summed E-state index contributed by atoms with van der Waals surface area (Å²) >= 11 is 3.70. The van der Waals surface area contributed by atoms with Gasteiger partial charge in [-0.2, -0.15) is 0 Å². The summed E-state index contributed by atoms with van der Waals surface area (Å²) in [6, 6.07) is 2.86. The maximum absolute atomic E-state index is 3.70. The SMILES string of the molecule is CCC[Si](Br)CCC. The van der Waals surface area contributed by atoms with E-state index in [1.54, 1.807) is 0 Å². The van der Waals surface area contributed by atoms with Crippen LogP contribution in [0.5, 0.6) is 0 Å². The van der Waals surface area contributed by atoms with Gasteiger partial charge < -0.3 is 0 Å². The van der Waals surface area contributed by atoms with Gasteiger partial charge in [0.05, 0.1) is 0 Å². The molecule has 0 saturated heterocycles. The molecular formula is C6H14BrSi. The van der Waals surface area contributed by atoms with Gasteiger partial charge in [-0.05, 0) is 12.1 Å². The third-order valence-electron chi connectivity index (χ3n) is 1.04. The summed E-state index contributed by atoms with van der Waals surface area (Å²) < 4.78 is 0.